The zero-order valence-corrected chi connectivity index (χ0v) is 13.2. The summed E-state index contributed by atoms with van der Waals surface area (Å²) in [6.07, 6.45) is 4.84. The lowest BCUT2D eigenvalue weighted by atomic mass is 9.91. The second-order valence-electron chi connectivity index (χ2n) is 5.33. The summed E-state index contributed by atoms with van der Waals surface area (Å²) in [4.78, 5) is 0.289. The monoisotopic (exact) mass is 300 g/mol. The largest absolute Gasteiger partial charge is 0.314 e. The van der Waals surface area contributed by atoms with Crippen LogP contribution < -0.4 is 5.32 Å². The van der Waals surface area contributed by atoms with E-state index in [0.29, 0.717) is 25.0 Å². The molecule has 6 nitrogen and oxygen atoms in total. The van der Waals surface area contributed by atoms with Crippen LogP contribution in [-0.4, -0.2) is 48.2 Å². The highest BCUT2D eigenvalue weighted by Crippen LogP contribution is 2.25. The van der Waals surface area contributed by atoms with Gasteiger partial charge >= 0.3 is 0 Å². The molecule has 1 aromatic rings. The minimum Gasteiger partial charge on any atom is -0.314 e. The average Bonchev–Trinajstić information content (AvgIpc) is 2.87. The molecule has 1 fully saturated rings. The van der Waals surface area contributed by atoms with Crippen molar-refractivity contribution < 1.29 is 8.42 Å². The molecule has 2 unspecified atom stereocenters. The van der Waals surface area contributed by atoms with Crippen molar-refractivity contribution in [3.63, 3.8) is 0 Å². The Bertz CT molecular complexity index is 540. The topological polar surface area (TPSA) is 67.2 Å². The highest BCUT2D eigenvalue weighted by molar-refractivity contribution is 7.89. The van der Waals surface area contributed by atoms with Gasteiger partial charge in [0.25, 0.3) is 0 Å². The van der Waals surface area contributed by atoms with Crippen LogP contribution in [0.25, 0.3) is 0 Å². The fourth-order valence-corrected chi connectivity index (χ4v) is 4.34. The Kier molecular flexibility index (Phi) is 4.82. The minimum absolute atomic E-state index is 0.289. The molecule has 7 heteroatoms. The molecule has 1 aromatic heterocycles. The molecule has 0 saturated carbocycles. The van der Waals surface area contributed by atoms with E-state index in [-0.39, 0.29) is 4.90 Å². The van der Waals surface area contributed by atoms with E-state index in [1.165, 1.54) is 10.9 Å². The van der Waals surface area contributed by atoms with Crippen LogP contribution in [0.3, 0.4) is 0 Å². The molecule has 20 heavy (non-hydrogen) atoms. The lowest BCUT2D eigenvalue weighted by Crippen LogP contribution is -2.50. The summed E-state index contributed by atoms with van der Waals surface area (Å²) in [5, 5.41) is 7.42. The molecule has 114 valence electrons. The van der Waals surface area contributed by atoms with Crippen LogP contribution >= 0.6 is 0 Å². The van der Waals surface area contributed by atoms with Crippen LogP contribution in [0, 0.1) is 5.92 Å². The second-order valence-corrected chi connectivity index (χ2v) is 7.27. The Morgan fingerprint density at radius 2 is 2.20 bits per heavy atom. The third-order valence-corrected chi connectivity index (χ3v) is 5.82. The van der Waals surface area contributed by atoms with Gasteiger partial charge in [-0.15, -0.1) is 0 Å². The van der Waals surface area contributed by atoms with E-state index in [2.05, 4.69) is 24.3 Å². The normalized spacial score (nSPS) is 24.9. The van der Waals surface area contributed by atoms with E-state index in [1.54, 1.807) is 17.5 Å². The number of aryl methyl sites for hydroxylation is 1. The lowest BCUT2D eigenvalue weighted by Gasteiger charge is -2.37. The van der Waals surface area contributed by atoms with Crippen molar-refractivity contribution in [3.05, 3.63) is 12.4 Å². The van der Waals surface area contributed by atoms with E-state index in [9.17, 15) is 8.42 Å². The van der Waals surface area contributed by atoms with Crippen LogP contribution in [0.15, 0.2) is 17.3 Å². The molecule has 0 radical (unpaired) electrons. The first-order chi connectivity index (χ1) is 9.48. The molecule has 1 aliphatic heterocycles. The Hall–Kier alpha value is -0.920. The van der Waals surface area contributed by atoms with Crippen LogP contribution in [-0.2, 0) is 17.1 Å². The minimum atomic E-state index is -3.40. The summed E-state index contributed by atoms with van der Waals surface area (Å²) in [6.45, 7) is 6.30. The predicted molar refractivity (Wildman–Crippen MR) is 77.8 cm³/mol. The molecule has 2 atom stereocenters. The fourth-order valence-electron chi connectivity index (χ4n) is 2.84. The predicted octanol–water partition coefficient (Wildman–Crippen LogP) is 0.819. The molecule has 1 saturated heterocycles. The van der Waals surface area contributed by atoms with Crippen LogP contribution in [0.5, 0.6) is 0 Å². The molecule has 0 aliphatic carbocycles. The first-order valence-electron chi connectivity index (χ1n) is 7.21. The van der Waals surface area contributed by atoms with E-state index < -0.39 is 10.0 Å². The lowest BCUT2D eigenvalue weighted by molar-refractivity contribution is 0.204. The zero-order valence-electron chi connectivity index (χ0n) is 12.4. The Morgan fingerprint density at radius 1 is 1.45 bits per heavy atom. The third kappa shape index (κ3) is 3.05. The number of nitrogens with one attached hydrogen (secondary N) is 1. The van der Waals surface area contributed by atoms with E-state index in [1.807, 2.05) is 0 Å². The molecule has 0 bridgehead atoms. The average molecular weight is 300 g/mol. The number of rotatable bonds is 5. The van der Waals surface area contributed by atoms with Crippen molar-refractivity contribution in [1.29, 1.82) is 0 Å². The smallest absolute Gasteiger partial charge is 0.246 e. The maximum Gasteiger partial charge on any atom is 0.246 e. The van der Waals surface area contributed by atoms with Crippen molar-refractivity contribution in [2.24, 2.45) is 13.0 Å². The highest BCUT2D eigenvalue weighted by atomic mass is 32.2. The number of piperidine rings is 1. The maximum absolute atomic E-state index is 12.6. The summed E-state index contributed by atoms with van der Waals surface area (Å²) in [7, 11) is -1.67. The van der Waals surface area contributed by atoms with Crippen molar-refractivity contribution in [2.75, 3.05) is 19.6 Å². The Morgan fingerprint density at radius 3 is 2.75 bits per heavy atom. The summed E-state index contributed by atoms with van der Waals surface area (Å²) >= 11 is 0. The molecule has 2 heterocycles. The van der Waals surface area contributed by atoms with Gasteiger partial charge in [0.15, 0.2) is 0 Å². The molecule has 1 N–H and O–H groups in total. The molecule has 0 amide bonds. The first-order valence-corrected chi connectivity index (χ1v) is 8.65. The molecule has 0 spiro atoms. The summed E-state index contributed by atoms with van der Waals surface area (Å²) in [5.74, 6) is 0.371. The van der Waals surface area contributed by atoms with Gasteiger partial charge in [-0.25, -0.2) is 8.42 Å². The van der Waals surface area contributed by atoms with Crippen LogP contribution in [0.4, 0.5) is 0 Å². The molecular formula is C13H24N4O2S. The van der Waals surface area contributed by atoms with Gasteiger partial charge in [-0.1, -0.05) is 20.3 Å². The second kappa shape index (κ2) is 6.24. The van der Waals surface area contributed by atoms with Gasteiger partial charge in [0.2, 0.25) is 10.0 Å². The van der Waals surface area contributed by atoms with Gasteiger partial charge in [-0.05, 0) is 18.9 Å². The highest BCUT2D eigenvalue weighted by Gasteiger charge is 2.34. The number of aromatic nitrogens is 2. The van der Waals surface area contributed by atoms with Crippen molar-refractivity contribution in [2.45, 2.75) is 37.6 Å². The standard InChI is InChI=1S/C13H24N4O2S/c1-4-11-9-17(7-6-13(11)14-5-2)20(18,19)12-8-15-16(3)10-12/h8,10-11,13-14H,4-7,9H2,1-3H3. The summed E-state index contributed by atoms with van der Waals surface area (Å²) < 4.78 is 28.3. The van der Waals surface area contributed by atoms with Gasteiger partial charge in [-0.2, -0.15) is 9.40 Å². The summed E-state index contributed by atoms with van der Waals surface area (Å²) in [5.41, 5.74) is 0. The SMILES string of the molecule is CCNC1CCN(S(=O)(=O)c2cnn(C)c2)CC1CC. The van der Waals surface area contributed by atoms with E-state index in [4.69, 9.17) is 0 Å². The Labute approximate surface area is 121 Å². The molecule has 2 rings (SSSR count). The number of sulfonamides is 1. The number of nitrogens with zero attached hydrogens (tertiary/aromatic N) is 3. The van der Waals surface area contributed by atoms with E-state index >= 15 is 0 Å². The number of hydrogen-bond donors (Lipinski definition) is 1. The van der Waals surface area contributed by atoms with Gasteiger partial charge in [0.1, 0.15) is 4.90 Å². The van der Waals surface area contributed by atoms with Crippen molar-refractivity contribution in [1.82, 2.24) is 19.4 Å². The van der Waals surface area contributed by atoms with Gasteiger partial charge in [0.05, 0.1) is 6.20 Å². The van der Waals surface area contributed by atoms with Gasteiger partial charge in [0, 0.05) is 32.4 Å². The zero-order chi connectivity index (χ0) is 14.8. The van der Waals surface area contributed by atoms with Crippen molar-refractivity contribution >= 4 is 10.0 Å². The van der Waals surface area contributed by atoms with Gasteiger partial charge in [-0.3, -0.25) is 4.68 Å². The van der Waals surface area contributed by atoms with Crippen LogP contribution in [0.2, 0.25) is 0 Å². The quantitative estimate of drug-likeness (QED) is 0.874. The molecule has 0 aromatic carbocycles. The van der Waals surface area contributed by atoms with Gasteiger partial charge < -0.3 is 5.32 Å². The molecular weight excluding hydrogens is 276 g/mol. The first kappa shape index (κ1) is 15.5. The van der Waals surface area contributed by atoms with Crippen molar-refractivity contribution in [3.8, 4) is 0 Å². The van der Waals surface area contributed by atoms with Crippen LogP contribution in [0.1, 0.15) is 26.7 Å². The fraction of sp³-hybridized carbons (Fsp3) is 0.769. The maximum atomic E-state index is 12.6. The van der Waals surface area contributed by atoms with E-state index in [0.717, 1.165) is 19.4 Å². The Balaban J connectivity index is 2.14. The third-order valence-electron chi connectivity index (χ3n) is 4.01. The molecule has 1 aliphatic rings. The summed E-state index contributed by atoms with van der Waals surface area (Å²) in [6, 6.07) is 0.422. The number of hydrogen-bond acceptors (Lipinski definition) is 4.